The molecule has 1 aromatic carbocycles. The number of hydrogen-bond acceptors (Lipinski definition) is 4. The number of hydrogen-bond donors (Lipinski definition) is 0. The quantitative estimate of drug-likeness (QED) is 0.622. The topological polar surface area (TPSA) is 36.4 Å². The lowest BCUT2D eigenvalue weighted by Crippen LogP contribution is -2.40. The van der Waals surface area contributed by atoms with Gasteiger partial charge in [-0.15, -0.1) is 0 Å². The third-order valence-electron chi connectivity index (χ3n) is 6.97. The summed E-state index contributed by atoms with van der Waals surface area (Å²) in [6.45, 7) is 6.05. The van der Waals surface area contributed by atoms with E-state index >= 15 is 0 Å². The summed E-state index contributed by atoms with van der Waals surface area (Å²) < 4.78 is 26.9. The normalized spacial score (nSPS) is 23.6. The molecule has 2 aliphatic heterocycles. The van der Waals surface area contributed by atoms with Crippen molar-refractivity contribution < 1.29 is 13.6 Å². The van der Waals surface area contributed by atoms with Crippen molar-refractivity contribution in [1.82, 2.24) is 9.88 Å². The highest BCUT2D eigenvalue weighted by atomic mass is 19.3. The molecule has 0 saturated carbocycles. The second-order valence-corrected chi connectivity index (χ2v) is 9.68. The van der Waals surface area contributed by atoms with Crippen molar-refractivity contribution in [2.45, 2.75) is 45.5 Å². The fraction of sp³-hybridized carbons (Fsp3) is 0.600. The molecule has 1 aromatic heterocycles. The summed E-state index contributed by atoms with van der Waals surface area (Å²) in [5.41, 5.74) is 1.31. The highest BCUT2D eigenvalue weighted by Crippen LogP contribution is 2.36. The number of aromatic nitrogens is 1. The van der Waals surface area contributed by atoms with Crippen molar-refractivity contribution in [1.29, 1.82) is 0 Å². The first kappa shape index (κ1) is 22.1. The van der Waals surface area contributed by atoms with Gasteiger partial charge in [-0.25, -0.2) is 8.78 Å². The van der Waals surface area contributed by atoms with E-state index in [0.717, 1.165) is 56.5 Å². The number of pyridine rings is 1. The number of nitrogens with zero attached hydrogens (tertiary/aromatic N) is 3. The Labute approximate surface area is 183 Å². The minimum absolute atomic E-state index is 0.0192. The average molecular weight is 430 g/mol. The van der Waals surface area contributed by atoms with E-state index in [1.807, 2.05) is 6.07 Å². The van der Waals surface area contributed by atoms with Gasteiger partial charge >= 0.3 is 0 Å². The number of rotatable bonds is 6. The SMILES string of the molecule is C[C@H]1C[C@@H](CC(=O)CC2CCN(C)CC2)CN(c2ccc(C(F)F)c3ncccc23)C1. The van der Waals surface area contributed by atoms with Gasteiger partial charge in [-0.2, -0.15) is 0 Å². The van der Waals surface area contributed by atoms with Crippen LogP contribution in [0.1, 0.15) is 51.0 Å². The van der Waals surface area contributed by atoms with Crippen molar-refractivity contribution in [3.05, 3.63) is 36.0 Å². The summed E-state index contributed by atoms with van der Waals surface area (Å²) >= 11 is 0. The lowest BCUT2D eigenvalue weighted by Gasteiger charge is -2.38. The maximum Gasteiger partial charge on any atom is 0.265 e. The number of alkyl halides is 2. The van der Waals surface area contributed by atoms with Crippen LogP contribution in [0.25, 0.3) is 10.9 Å². The van der Waals surface area contributed by atoms with Crippen molar-refractivity contribution >= 4 is 22.4 Å². The van der Waals surface area contributed by atoms with E-state index in [0.29, 0.717) is 41.9 Å². The van der Waals surface area contributed by atoms with E-state index in [1.165, 1.54) is 6.07 Å². The Bertz CT molecular complexity index is 911. The Hall–Kier alpha value is -2.08. The molecule has 4 nitrogen and oxygen atoms in total. The first-order valence-corrected chi connectivity index (χ1v) is 11.5. The molecule has 6 heteroatoms. The molecule has 0 radical (unpaired) electrons. The number of Topliss-reactive ketones (excluding diaryl/α,β-unsaturated/α-hetero) is 1. The number of benzene rings is 1. The van der Waals surface area contributed by atoms with Gasteiger partial charge in [0.25, 0.3) is 6.43 Å². The predicted octanol–water partition coefficient (Wildman–Crippen LogP) is 5.33. The van der Waals surface area contributed by atoms with Crippen LogP contribution in [0.4, 0.5) is 14.5 Å². The molecule has 0 unspecified atom stereocenters. The molecule has 4 rings (SSSR count). The number of ketones is 1. The Morgan fingerprint density at radius 3 is 2.61 bits per heavy atom. The zero-order valence-electron chi connectivity index (χ0n) is 18.6. The highest BCUT2D eigenvalue weighted by Gasteiger charge is 2.29. The monoisotopic (exact) mass is 429 g/mol. The molecule has 0 bridgehead atoms. The molecule has 0 spiro atoms. The molecule has 168 valence electrons. The average Bonchev–Trinajstić information content (AvgIpc) is 2.74. The predicted molar refractivity (Wildman–Crippen MR) is 121 cm³/mol. The van der Waals surface area contributed by atoms with Crippen LogP contribution in [0.5, 0.6) is 0 Å². The second kappa shape index (κ2) is 9.60. The van der Waals surface area contributed by atoms with E-state index in [4.69, 9.17) is 0 Å². The minimum atomic E-state index is -2.54. The van der Waals surface area contributed by atoms with Crippen LogP contribution < -0.4 is 4.90 Å². The number of anilines is 1. The van der Waals surface area contributed by atoms with Gasteiger partial charge in [0, 0.05) is 48.8 Å². The molecule has 2 atom stereocenters. The Morgan fingerprint density at radius 2 is 1.87 bits per heavy atom. The van der Waals surface area contributed by atoms with E-state index in [1.54, 1.807) is 18.3 Å². The number of likely N-dealkylation sites (tertiary alicyclic amines) is 1. The first-order chi connectivity index (χ1) is 14.9. The zero-order valence-corrected chi connectivity index (χ0v) is 18.6. The summed E-state index contributed by atoms with van der Waals surface area (Å²) in [5, 5.41) is 0.769. The fourth-order valence-electron chi connectivity index (χ4n) is 5.45. The lowest BCUT2D eigenvalue weighted by molar-refractivity contribution is -0.121. The number of fused-ring (bicyclic) bond motifs is 1. The summed E-state index contributed by atoms with van der Waals surface area (Å²) in [6, 6.07) is 7.00. The van der Waals surface area contributed by atoms with Crippen LogP contribution in [0.2, 0.25) is 0 Å². The minimum Gasteiger partial charge on any atom is -0.370 e. The van der Waals surface area contributed by atoms with Crippen molar-refractivity contribution in [3.63, 3.8) is 0 Å². The third kappa shape index (κ3) is 5.22. The van der Waals surface area contributed by atoms with Gasteiger partial charge in [0.15, 0.2) is 0 Å². The molecule has 0 amide bonds. The molecule has 3 heterocycles. The van der Waals surface area contributed by atoms with Crippen LogP contribution in [0.15, 0.2) is 30.5 Å². The van der Waals surface area contributed by atoms with E-state index in [-0.39, 0.29) is 5.56 Å². The van der Waals surface area contributed by atoms with Gasteiger partial charge in [0.1, 0.15) is 5.78 Å². The number of piperidine rings is 2. The zero-order chi connectivity index (χ0) is 22.0. The number of carbonyl (C=O) groups is 1. The molecule has 2 saturated heterocycles. The summed E-state index contributed by atoms with van der Waals surface area (Å²) in [7, 11) is 2.14. The Balaban J connectivity index is 1.47. The smallest absolute Gasteiger partial charge is 0.265 e. The molecular formula is C25H33F2N3O. The Morgan fingerprint density at radius 1 is 1.13 bits per heavy atom. The molecular weight excluding hydrogens is 396 g/mol. The standard InChI is InChI=1S/C25H33F2N3O/c1-17-12-19(14-20(31)13-18-7-10-29(2)11-8-18)16-30(15-17)23-6-5-22(25(26)27)24-21(23)4-3-9-28-24/h3-6,9,17-19,25H,7-8,10-16H2,1-2H3/t17-,19-/m0/s1. The lowest BCUT2D eigenvalue weighted by atomic mass is 9.83. The number of carbonyl (C=O) groups excluding carboxylic acids is 1. The van der Waals surface area contributed by atoms with Crippen molar-refractivity contribution in [3.8, 4) is 0 Å². The molecule has 0 aliphatic carbocycles. The summed E-state index contributed by atoms with van der Waals surface area (Å²) in [4.78, 5) is 21.7. The van der Waals surface area contributed by atoms with Gasteiger partial charge in [-0.05, 0) is 81.4 Å². The maximum absolute atomic E-state index is 13.5. The maximum atomic E-state index is 13.5. The number of halogens is 2. The van der Waals surface area contributed by atoms with E-state index < -0.39 is 6.43 Å². The van der Waals surface area contributed by atoms with Gasteiger partial charge in [-0.1, -0.05) is 6.92 Å². The molecule has 31 heavy (non-hydrogen) atoms. The van der Waals surface area contributed by atoms with Crippen LogP contribution in [0, 0.1) is 17.8 Å². The second-order valence-electron chi connectivity index (χ2n) is 9.68. The molecule has 0 N–H and O–H groups in total. The van der Waals surface area contributed by atoms with Crippen LogP contribution in [-0.4, -0.2) is 48.9 Å². The molecule has 2 aliphatic rings. The van der Waals surface area contributed by atoms with Crippen LogP contribution in [0.3, 0.4) is 0 Å². The fourth-order valence-corrected chi connectivity index (χ4v) is 5.45. The molecule has 2 aromatic rings. The Kier molecular flexibility index (Phi) is 6.85. The van der Waals surface area contributed by atoms with Gasteiger partial charge in [-0.3, -0.25) is 9.78 Å². The van der Waals surface area contributed by atoms with E-state index in [9.17, 15) is 13.6 Å². The van der Waals surface area contributed by atoms with Crippen LogP contribution in [-0.2, 0) is 4.79 Å². The summed E-state index contributed by atoms with van der Waals surface area (Å²) in [5.74, 6) is 1.67. The third-order valence-corrected chi connectivity index (χ3v) is 6.97. The van der Waals surface area contributed by atoms with Gasteiger partial charge in [0.05, 0.1) is 5.52 Å². The largest absolute Gasteiger partial charge is 0.370 e. The summed E-state index contributed by atoms with van der Waals surface area (Å²) in [6.07, 6.45) is 3.63. The van der Waals surface area contributed by atoms with Gasteiger partial charge in [0.2, 0.25) is 0 Å². The van der Waals surface area contributed by atoms with Gasteiger partial charge < -0.3 is 9.80 Å². The molecule has 2 fully saturated rings. The van der Waals surface area contributed by atoms with Crippen LogP contribution >= 0.6 is 0 Å². The highest BCUT2D eigenvalue weighted by molar-refractivity contribution is 5.94. The van der Waals surface area contributed by atoms with E-state index in [2.05, 4.69) is 28.8 Å². The van der Waals surface area contributed by atoms with Crippen molar-refractivity contribution in [2.24, 2.45) is 17.8 Å². The van der Waals surface area contributed by atoms with Crippen molar-refractivity contribution in [2.75, 3.05) is 38.1 Å². The first-order valence-electron chi connectivity index (χ1n) is 11.5.